The molecule has 0 saturated heterocycles. The van der Waals surface area contributed by atoms with Crippen molar-refractivity contribution in [3.8, 4) is 11.5 Å². The van der Waals surface area contributed by atoms with Crippen LogP contribution >= 0.6 is 0 Å². The maximum absolute atomic E-state index is 13.1. The highest BCUT2D eigenvalue weighted by Crippen LogP contribution is 2.41. The van der Waals surface area contributed by atoms with Crippen molar-refractivity contribution in [1.82, 2.24) is 9.80 Å². The van der Waals surface area contributed by atoms with E-state index in [9.17, 15) is 39.0 Å². The van der Waals surface area contributed by atoms with Gasteiger partial charge in [-0.05, 0) is 96.1 Å². The van der Waals surface area contributed by atoms with Crippen LogP contribution in [0.2, 0.25) is 0 Å². The molecule has 2 rings (SSSR count). The Bertz CT molecular complexity index is 1710. The smallest absolute Gasteiger partial charge is 0.351 e. The van der Waals surface area contributed by atoms with Crippen molar-refractivity contribution in [3.05, 3.63) is 33.2 Å². The van der Waals surface area contributed by atoms with Crippen LogP contribution in [0.5, 0.6) is 11.5 Å². The molecule has 1 aromatic heterocycles. The Balaban J connectivity index is 2.88. The molecule has 0 fully saturated rings. The topological polar surface area (TPSA) is 209 Å². The third-order valence-corrected chi connectivity index (χ3v) is 6.68. The van der Waals surface area contributed by atoms with Crippen LogP contribution in [-0.2, 0) is 56.0 Å². The summed E-state index contributed by atoms with van der Waals surface area (Å²) in [5, 5.41) is 23.3. The van der Waals surface area contributed by atoms with Gasteiger partial charge in [0.25, 0.3) is 0 Å². The van der Waals surface area contributed by atoms with Gasteiger partial charge in [0.2, 0.25) is 0 Å². The predicted molar refractivity (Wildman–Crippen MR) is 196 cm³/mol. The van der Waals surface area contributed by atoms with Gasteiger partial charge in [0.05, 0.1) is 49.3 Å². The van der Waals surface area contributed by atoms with Crippen molar-refractivity contribution in [3.63, 3.8) is 0 Å². The number of aromatic hydroxyl groups is 2. The summed E-state index contributed by atoms with van der Waals surface area (Å²) in [7, 11) is 0. The van der Waals surface area contributed by atoms with E-state index in [2.05, 4.69) is 0 Å². The molecule has 0 amide bonds. The molecule has 1 heterocycles. The molecular weight excluding hydrogens is 708 g/mol. The van der Waals surface area contributed by atoms with Gasteiger partial charge in [0, 0.05) is 13.1 Å². The number of hydrogen-bond donors (Lipinski definition) is 2. The molecule has 302 valence electrons. The van der Waals surface area contributed by atoms with Crippen LogP contribution in [0.1, 0.15) is 111 Å². The molecule has 1 aromatic carbocycles. The van der Waals surface area contributed by atoms with Crippen LogP contribution in [-0.4, -0.2) is 105 Å². The third kappa shape index (κ3) is 15.0. The van der Waals surface area contributed by atoms with E-state index in [1.807, 2.05) is 0 Å². The first-order valence-electron chi connectivity index (χ1n) is 17.5. The lowest BCUT2D eigenvalue weighted by Crippen LogP contribution is -2.40. The largest absolute Gasteiger partial charge is 0.507 e. The Labute approximate surface area is 315 Å². The van der Waals surface area contributed by atoms with E-state index < -0.39 is 114 Å². The first-order valence-corrected chi connectivity index (χ1v) is 17.5. The van der Waals surface area contributed by atoms with E-state index in [1.165, 1.54) is 16.7 Å². The van der Waals surface area contributed by atoms with Crippen molar-refractivity contribution in [2.24, 2.45) is 0 Å². The molecule has 16 heteroatoms. The summed E-state index contributed by atoms with van der Waals surface area (Å²) >= 11 is 0. The van der Waals surface area contributed by atoms with E-state index in [-0.39, 0.29) is 28.7 Å². The van der Waals surface area contributed by atoms with Crippen LogP contribution in [0.3, 0.4) is 0 Å². The summed E-state index contributed by atoms with van der Waals surface area (Å²) in [5.74, 6) is -5.31. The van der Waals surface area contributed by atoms with Gasteiger partial charge in [0.15, 0.2) is 0 Å². The number of phenolic OH excluding ortho intramolecular Hbond substituents is 2. The summed E-state index contributed by atoms with van der Waals surface area (Å²) in [6.07, 6.45) is 0. The number of hydrogen-bond acceptors (Lipinski definition) is 16. The minimum Gasteiger partial charge on any atom is -0.507 e. The van der Waals surface area contributed by atoms with Gasteiger partial charge in [-0.25, -0.2) is 9.59 Å². The van der Waals surface area contributed by atoms with Crippen LogP contribution in [0.15, 0.2) is 15.3 Å². The fourth-order valence-electron chi connectivity index (χ4n) is 5.09. The summed E-state index contributed by atoms with van der Waals surface area (Å²) < 4.78 is 32.4. The fourth-order valence-corrected chi connectivity index (χ4v) is 5.09. The molecule has 16 nitrogen and oxygen atoms in total. The number of ether oxygens (including phenoxy) is 5. The molecule has 0 bridgehead atoms. The van der Waals surface area contributed by atoms with Crippen molar-refractivity contribution >= 4 is 40.8 Å². The van der Waals surface area contributed by atoms with Gasteiger partial charge in [0.1, 0.15) is 45.0 Å². The zero-order valence-electron chi connectivity index (χ0n) is 33.7. The molecule has 54 heavy (non-hydrogen) atoms. The molecule has 0 unspecified atom stereocenters. The molecule has 0 aliphatic heterocycles. The Morgan fingerprint density at radius 3 is 1.30 bits per heavy atom. The van der Waals surface area contributed by atoms with Gasteiger partial charge >= 0.3 is 35.5 Å². The van der Waals surface area contributed by atoms with Crippen molar-refractivity contribution in [2.75, 3.05) is 32.8 Å². The van der Waals surface area contributed by atoms with E-state index >= 15 is 0 Å². The molecule has 0 saturated carbocycles. The minimum atomic E-state index is -1.16. The van der Waals surface area contributed by atoms with Gasteiger partial charge < -0.3 is 38.3 Å². The standard InChI is InChI=1S/C38H56N2O14/c1-14-49-33(47)23-15-22-30(45)24(16-39(18-26(41)51-35(2,3)4)19-27(42)52-36(5,6)7)31(46)25(32(22)50-34(23)48)17-40(20-28(43)53-37(8,9)10)21-29(44)54-38(11,12)13/h15,45-46H,14,16-21H2,1-13H3. The summed E-state index contributed by atoms with van der Waals surface area (Å²) in [6, 6.07) is 1.03. The van der Waals surface area contributed by atoms with E-state index in [0.717, 1.165) is 6.07 Å². The predicted octanol–water partition coefficient (Wildman–Crippen LogP) is 4.35. The average molecular weight is 765 g/mol. The van der Waals surface area contributed by atoms with E-state index in [1.54, 1.807) is 83.1 Å². The lowest BCUT2D eigenvalue weighted by molar-refractivity contribution is -0.162. The Hall–Kier alpha value is -4.70. The number of nitrogens with zero attached hydrogens (tertiary/aromatic N) is 2. The molecule has 2 aromatic rings. The molecule has 0 spiro atoms. The monoisotopic (exact) mass is 764 g/mol. The van der Waals surface area contributed by atoms with Gasteiger partial charge in [-0.1, -0.05) is 0 Å². The molecule has 0 aliphatic rings. The number of fused-ring (bicyclic) bond motifs is 1. The minimum absolute atomic E-state index is 0.0804. The quantitative estimate of drug-likeness (QED) is 0.156. The molecular formula is C38H56N2O14. The van der Waals surface area contributed by atoms with Crippen LogP contribution in [0.25, 0.3) is 11.0 Å². The Kier molecular flexibility index (Phi) is 14.8. The summed E-state index contributed by atoms with van der Waals surface area (Å²) in [5.41, 5.74) is -6.11. The number of carbonyl (C=O) groups is 5. The highest BCUT2D eigenvalue weighted by Gasteiger charge is 2.31. The summed E-state index contributed by atoms with van der Waals surface area (Å²) in [4.78, 5) is 80.5. The van der Waals surface area contributed by atoms with Gasteiger partial charge in [-0.3, -0.25) is 29.0 Å². The molecule has 0 aliphatic carbocycles. The maximum atomic E-state index is 13.1. The van der Waals surface area contributed by atoms with Crippen LogP contribution < -0.4 is 5.63 Å². The van der Waals surface area contributed by atoms with Gasteiger partial charge in [-0.2, -0.15) is 0 Å². The SMILES string of the molecule is CCOC(=O)c1cc2c(O)c(CN(CC(=O)OC(C)(C)C)CC(=O)OC(C)(C)C)c(O)c(CN(CC(=O)OC(C)(C)C)CC(=O)OC(C)(C)C)c2oc1=O. The number of esters is 5. The van der Waals surface area contributed by atoms with Crippen molar-refractivity contribution < 1.29 is 62.3 Å². The zero-order chi connectivity index (χ0) is 41.6. The average Bonchev–Trinajstić information content (AvgIpc) is 2.93. The van der Waals surface area contributed by atoms with Gasteiger partial charge in [-0.15, -0.1) is 0 Å². The van der Waals surface area contributed by atoms with Crippen LogP contribution in [0, 0.1) is 0 Å². The number of rotatable bonds is 14. The number of phenols is 2. The lowest BCUT2D eigenvalue weighted by atomic mass is 10.00. The second-order valence-corrected chi connectivity index (χ2v) is 16.7. The normalized spacial score (nSPS) is 12.5. The fraction of sp³-hybridized carbons (Fsp3) is 0.632. The number of carbonyl (C=O) groups excluding carboxylic acids is 5. The molecule has 0 radical (unpaired) electrons. The van der Waals surface area contributed by atoms with Crippen LogP contribution in [0.4, 0.5) is 0 Å². The highest BCUT2D eigenvalue weighted by molar-refractivity contribution is 5.97. The van der Waals surface area contributed by atoms with Crippen molar-refractivity contribution in [2.45, 2.75) is 126 Å². The van der Waals surface area contributed by atoms with Crippen molar-refractivity contribution in [1.29, 1.82) is 0 Å². The van der Waals surface area contributed by atoms with E-state index in [4.69, 9.17) is 28.1 Å². The van der Waals surface area contributed by atoms with E-state index in [0.29, 0.717) is 0 Å². The summed E-state index contributed by atoms with van der Waals surface area (Å²) in [6.45, 7) is 18.4. The number of benzene rings is 1. The molecule has 0 atom stereocenters. The Morgan fingerprint density at radius 1 is 0.611 bits per heavy atom. The first-order chi connectivity index (χ1) is 24.5. The maximum Gasteiger partial charge on any atom is 0.351 e. The first kappa shape index (κ1) is 45.5. The molecule has 2 N–H and O–H groups in total. The second-order valence-electron chi connectivity index (χ2n) is 16.7. The zero-order valence-corrected chi connectivity index (χ0v) is 33.7. The highest BCUT2D eigenvalue weighted by atomic mass is 16.6. The Morgan fingerprint density at radius 2 is 0.963 bits per heavy atom. The second kappa shape index (κ2) is 17.6. The third-order valence-electron chi connectivity index (χ3n) is 6.68. The lowest BCUT2D eigenvalue weighted by Gasteiger charge is -2.28.